The molecule has 0 fully saturated rings. The van der Waals surface area contributed by atoms with Crippen LogP contribution in [-0.4, -0.2) is 31.1 Å². The minimum Gasteiger partial charge on any atom is -0.492 e. The van der Waals surface area contributed by atoms with Crippen molar-refractivity contribution in [2.24, 2.45) is 0 Å². The van der Waals surface area contributed by atoms with E-state index >= 15 is 0 Å². The monoisotopic (exact) mass is 297 g/mol. The molecule has 0 bridgehead atoms. The van der Waals surface area contributed by atoms with E-state index in [2.05, 4.69) is 4.90 Å². The second kappa shape index (κ2) is 8.27. The molecule has 0 saturated carbocycles. The van der Waals surface area contributed by atoms with E-state index < -0.39 is 11.7 Å². The lowest BCUT2D eigenvalue weighted by Crippen LogP contribution is -2.27. The molecular weight excluding hydrogens is 279 g/mol. The summed E-state index contributed by atoms with van der Waals surface area (Å²) in [6.45, 7) is 6.98. The maximum absolute atomic E-state index is 12.5. The van der Waals surface area contributed by atoms with Gasteiger partial charge in [-0.2, -0.15) is 13.2 Å². The van der Waals surface area contributed by atoms with Crippen LogP contribution in [0, 0.1) is 0 Å². The van der Waals surface area contributed by atoms with Crippen LogP contribution in [0.2, 0.25) is 0 Å². The predicted molar refractivity (Wildman–Crippen MR) is 72.0 cm³/mol. The lowest BCUT2D eigenvalue weighted by atomic mass is 10.2. The van der Waals surface area contributed by atoms with Crippen LogP contribution in [0.5, 0.6) is 5.75 Å². The van der Waals surface area contributed by atoms with E-state index in [4.69, 9.17) is 4.74 Å². The van der Waals surface area contributed by atoms with Crippen LogP contribution in [0.3, 0.4) is 0 Å². The summed E-state index contributed by atoms with van der Waals surface area (Å²) in [4.78, 5) is 2.15. The lowest BCUT2D eigenvalue weighted by molar-refractivity contribution is -0.137. The number of hydrogen-bond donors (Lipinski definition) is 0. The first-order chi connectivity index (χ1) is 8.47. The summed E-state index contributed by atoms with van der Waals surface area (Å²) in [5.41, 5.74) is -0.678. The van der Waals surface area contributed by atoms with Crippen LogP contribution < -0.4 is 4.74 Å². The third kappa shape index (κ3) is 6.16. The summed E-state index contributed by atoms with van der Waals surface area (Å²) in [5.74, 6) is 0.261. The van der Waals surface area contributed by atoms with Crippen molar-refractivity contribution in [3.05, 3.63) is 29.8 Å². The highest BCUT2D eigenvalue weighted by Crippen LogP contribution is 2.31. The quantitative estimate of drug-likeness (QED) is 0.791. The molecule has 0 radical (unpaired) electrons. The summed E-state index contributed by atoms with van der Waals surface area (Å²) in [6.07, 6.45) is -4.32. The standard InChI is InChI=1S/C13H18F3NO.ClH/c1-3-17(4-2)8-9-18-12-7-5-6-11(10-12)13(14,15)16;/h5-7,10H,3-4,8-9H2,1-2H3;1H. The van der Waals surface area contributed by atoms with Crippen molar-refractivity contribution < 1.29 is 17.9 Å². The van der Waals surface area contributed by atoms with Crippen molar-refractivity contribution in [3.8, 4) is 5.75 Å². The molecule has 1 rings (SSSR count). The molecule has 0 N–H and O–H groups in total. The highest BCUT2D eigenvalue weighted by molar-refractivity contribution is 5.85. The molecule has 1 aromatic rings. The molecule has 0 saturated heterocycles. The molecule has 110 valence electrons. The molecule has 0 aliphatic carbocycles. The van der Waals surface area contributed by atoms with Gasteiger partial charge in [0, 0.05) is 6.54 Å². The number of benzene rings is 1. The first-order valence-electron chi connectivity index (χ1n) is 5.99. The second-order valence-electron chi connectivity index (χ2n) is 3.90. The zero-order valence-corrected chi connectivity index (χ0v) is 11.9. The van der Waals surface area contributed by atoms with Gasteiger partial charge in [0.25, 0.3) is 0 Å². The molecule has 6 heteroatoms. The minimum atomic E-state index is -4.32. The van der Waals surface area contributed by atoms with Gasteiger partial charge < -0.3 is 9.64 Å². The Morgan fingerprint density at radius 2 is 1.79 bits per heavy atom. The molecule has 1 aromatic carbocycles. The molecule has 0 heterocycles. The average molecular weight is 298 g/mol. The van der Waals surface area contributed by atoms with Gasteiger partial charge in [-0.1, -0.05) is 19.9 Å². The second-order valence-corrected chi connectivity index (χ2v) is 3.90. The molecule has 0 unspecified atom stereocenters. The summed E-state index contributed by atoms with van der Waals surface area (Å²) < 4.78 is 42.7. The molecular formula is C13H19ClF3NO. The van der Waals surface area contributed by atoms with Crippen molar-refractivity contribution in [2.75, 3.05) is 26.2 Å². The first kappa shape index (κ1) is 18.1. The molecule has 0 aromatic heterocycles. The minimum absolute atomic E-state index is 0. The van der Waals surface area contributed by atoms with Crippen molar-refractivity contribution in [1.82, 2.24) is 4.90 Å². The Balaban J connectivity index is 0.00000324. The van der Waals surface area contributed by atoms with Gasteiger partial charge in [0.2, 0.25) is 0 Å². The van der Waals surface area contributed by atoms with Crippen LogP contribution in [0.4, 0.5) is 13.2 Å². The summed E-state index contributed by atoms with van der Waals surface area (Å²) in [5, 5.41) is 0. The highest BCUT2D eigenvalue weighted by atomic mass is 35.5. The predicted octanol–water partition coefficient (Wildman–Crippen LogP) is 3.85. The van der Waals surface area contributed by atoms with Gasteiger partial charge in [-0.05, 0) is 31.3 Å². The molecule has 19 heavy (non-hydrogen) atoms. The summed E-state index contributed by atoms with van der Waals surface area (Å²) in [7, 11) is 0. The van der Waals surface area contributed by atoms with E-state index in [0.29, 0.717) is 13.2 Å². The topological polar surface area (TPSA) is 12.5 Å². The van der Waals surface area contributed by atoms with E-state index in [9.17, 15) is 13.2 Å². The van der Waals surface area contributed by atoms with E-state index in [1.807, 2.05) is 13.8 Å². The maximum atomic E-state index is 12.5. The Hall–Kier alpha value is -0.940. The van der Waals surface area contributed by atoms with Crippen LogP contribution in [0.1, 0.15) is 19.4 Å². The van der Waals surface area contributed by atoms with E-state index in [0.717, 1.165) is 25.2 Å². The maximum Gasteiger partial charge on any atom is 0.416 e. The fraction of sp³-hybridized carbons (Fsp3) is 0.538. The fourth-order valence-electron chi connectivity index (χ4n) is 1.59. The Labute approximate surface area is 118 Å². The van der Waals surface area contributed by atoms with Gasteiger partial charge in [-0.3, -0.25) is 0 Å². The van der Waals surface area contributed by atoms with Crippen molar-refractivity contribution in [3.63, 3.8) is 0 Å². The average Bonchev–Trinajstić information content (AvgIpc) is 2.34. The van der Waals surface area contributed by atoms with Gasteiger partial charge >= 0.3 is 6.18 Å². The van der Waals surface area contributed by atoms with E-state index in [1.54, 1.807) is 0 Å². The van der Waals surface area contributed by atoms with Gasteiger partial charge in [0.15, 0.2) is 0 Å². The summed E-state index contributed by atoms with van der Waals surface area (Å²) >= 11 is 0. The van der Waals surface area contributed by atoms with Crippen molar-refractivity contribution in [2.45, 2.75) is 20.0 Å². The molecule has 2 nitrogen and oxygen atoms in total. The fourth-order valence-corrected chi connectivity index (χ4v) is 1.59. The Kier molecular flexibility index (Phi) is 7.87. The number of likely N-dealkylation sites (N-methyl/N-ethyl adjacent to an activating group) is 1. The zero-order valence-electron chi connectivity index (χ0n) is 11.0. The van der Waals surface area contributed by atoms with E-state index in [1.165, 1.54) is 12.1 Å². The van der Waals surface area contributed by atoms with Crippen LogP contribution in [-0.2, 0) is 6.18 Å². The molecule has 0 aliphatic heterocycles. The molecule has 0 aliphatic rings. The largest absolute Gasteiger partial charge is 0.492 e. The smallest absolute Gasteiger partial charge is 0.416 e. The SMILES string of the molecule is CCN(CC)CCOc1cccc(C(F)(F)F)c1.Cl. The Morgan fingerprint density at radius 1 is 1.16 bits per heavy atom. The van der Waals surface area contributed by atoms with Crippen LogP contribution in [0.15, 0.2) is 24.3 Å². The third-order valence-corrected chi connectivity index (χ3v) is 2.73. The number of hydrogen-bond acceptors (Lipinski definition) is 2. The number of nitrogens with zero attached hydrogens (tertiary/aromatic N) is 1. The van der Waals surface area contributed by atoms with Crippen molar-refractivity contribution in [1.29, 1.82) is 0 Å². The first-order valence-corrected chi connectivity index (χ1v) is 5.99. The number of halogens is 4. The van der Waals surface area contributed by atoms with Gasteiger partial charge in [-0.25, -0.2) is 0 Å². The normalized spacial score (nSPS) is 11.3. The van der Waals surface area contributed by atoms with Gasteiger partial charge in [0.1, 0.15) is 12.4 Å². The zero-order chi connectivity index (χ0) is 13.6. The Bertz CT molecular complexity index is 367. The van der Waals surface area contributed by atoms with Gasteiger partial charge in [-0.15, -0.1) is 12.4 Å². The lowest BCUT2D eigenvalue weighted by Gasteiger charge is -2.18. The molecule has 0 amide bonds. The number of alkyl halides is 3. The van der Waals surface area contributed by atoms with Crippen molar-refractivity contribution >= 4 is 12.4 Å². The summed E-state index contributed by atoms with van der Waals surface area (Å²) in [6, 6.07) is 4.96. The van der Waals surface area contributed by atoms with Crippen LogP contribution in [0.25, 0.3) is 0 Å². The number of ether oxygens (including phenoxy) is 1. The molecule has 0 atom stereocenters. The molecule has 0 spiro atoms. The highest BCUT2D eigenvalue weighted by Gasteiger charge is 2.30. The Morgan fingerprint density at radius 3 is 2.32 bits per heavy atom. The third-order valence-electron chi connectivity index (χ3n) is 2.73. The van der Waals surface area contributed by atoms with Gasteiger partial charge in [0.05, 0.1) is 5.56 Å². The van der Waals surface area contributed by atoms with E-state index in [-0.39, 0.29) is 18.2 Å². The van der Waals surface area contributed by atoms with Crippen LogP contribution >= 0.6 is 12.4 Å². The number of rotatable bonds is 6.